The number of hydrogen-bond donors (Lipinski definition) is 0. The summed E-state index contributed by atoms with van der Waals surface area (Å²) in [6.07, 6.45) is -4.73. The second kappa shape index (κ2) is 22.2. The van der Waals surface area contributed by atoms with Gasteiger partial charge in [-0.2, -0.15) is 29.0 Å². The van der Waals surface area contributed by atoms with Crippen LogP contribution >= 0.6 is 0 Å². The van der Waals surface area contributed by atoms with Gasteiger partial charge in [-0.3, -0.25) is 0 Å². The number of aryl methyl sites for hydroxylation is 8. The number of benzene rings is 12. The molecule has 0 spiro atoms. The number of aromatic nitrogens is 4. The third-order valence-electron chi connectivity index (χ3n) is 18.5. The highest BCUT2D eigenvalue weighted by Gasteiger charge is 2.40. The first-order valence-corrected chi connectivity index (χ1v) is 31.3. The molecule has 12 aromatic carbocycles. The first kappa shape index (κ1) is 58.5. The molecule has 0 aliphatic carbocycles. The maximum absolute atomic E-state index is 15.9. The molecule has 0 fully saturated rings. The van der Waals surface area contributed by atoms with Crippen LogP contribution in [0.3, 0.4) is 0 Å². The maximum Gasteiger partial charge on any atom is 0.420 e. The summed E-state index contributed by atoms with van der Waals surface area (Å²) in [5, 5.41) is 38.8. The lowest BCUT2D eigenvalue weighted by atomic mass is 9.98. The van der Waals surface area contributed by atoms with Crippen LogP contribution in [0.25, 0.3) is 132 Å². The van der Waals surface area contributed by atoms with Crippen LogP contribution in [0.4, 0.5) is 13.2 Å². The van der Waals surface area contributed by atoms with Crippen molar-refractivity contribution in [2.24, 2.45) is 0 Å². The lowest BCUT2D eigenvalue weighted by Crippen LogP contribution is -2.16. The van der Waals surface area contributed by atoms with Crippen LogP contribution in [0.15, 0.2) is 218 Å². The number of halogens is 3. The van der Waals surface area contributed by atoms with Gasteiger partial charge in [0.1, 0.15) is 17.2 Å². The summed E-state index contributed by atoms with van der Waals surface area (Å²) in [6, 6.07) is 79.1. The van der Waals surface area contributed by atoms with Crippen molar-refractivity contribution >= 4 is 87.2 Å². The zero-order valence-electron chi connectivity index (χ0n) is 53.0. The minimum atomic E-state index is -4.73. The van der Waals surface area contributed by atoms with Crippen molar-refractivity contribution in [2.45, 2.75) is 61.6 Å². The second-order valence-electron chi connectivity index (χ2n) is 25.3. The van der Waals surface area contributed by atoms with Crippen molar-refractivity contribution in [2.75, 3.05) is 0 Å². The molecular weight excluding hydrogens is 1160 g/mol. The molecule has 4 heterocycles. The molecule has 0 atom stereocenters. The van der Waals surface area contributed by atoms with E-state index >= 15 is 13.2 Å². The van der Waals surface area contributed by atoms with Crippen LogP contribution in [0.5, 0.6) is 0 Å². The van der Waals surface area contributed by atoms with E-state index in [4.69, 9.17) is 0 Å². The van der Waals surface area contributed by atoms with Crippen LogP contribution < -0.4 is 0 Å². The zero-order valence-corrected chi connectivity index (χ0v) is 53.0. The maximum atomic E-state index is 15.9. The predicted octanol–water partition coefficient (Wildman–Crippen LogP) is 22.2. The van der Waals surface area contributed by atoms with Gasteiger partial charge in [0, 0.05) is 43.1 Å². The molecule has 7 nitrogen and oxygen atoms in total. The lowest BCUT2D eigenvalue weighted by molar-refractivity contribution is -0.137. The van der Waals surface area contributed by atoms with Crippen LogP contribution in [0, 0.1) is 89.4 Å². The fraction of sp³-hybridized carbons (Fsp3) is 0.107. The lowest BCUT2D eigenvalue weighted by Gasteiger charge is -2.23. The van der Waals surface area contributed by atoms with Crippen molar-refractivity contribution in [1.82, 2.24) is 18.3 Å². The molecule has 16 rings (SSSR count). The van der Waals surface area contributed by atoms with E-state index in [1.165, 1.54) is 22.3 Å². The van der Waals surface area contributed by atoms with E-state index in [9.17, 15) is 15.8 Å². The highest BCUT2D eigenvalue weighted by molar-refractivity contribution is 6.14. The highest BCUT2D eigenvalue weighted by Crippen LogP contribution is 2.48. The molecule has 10 heteroatoms. The van der Waals surface area contributed by atoms with Gasteiger partial charge < -0.3 is 18.3 Å². The Labute approximate surface area is 541 Å². The molecule has 0 unspecified atom stereocenters. The number of alkyl halides is 3. The van der Waals surface area contributed by atoms with Gasteiger partial charge in [-0.05, 0) is 223 Å². The smallest absolute Gasteiger partial charge is 0.309 e. The molecule has 0 bridgehead atoms. The molecule has 452 valence electrons. The Hall–Kier alpha value is -11.9. The third-order valence-corrected chi connectivity index (χ3v) is 18.5. The highest BCUT2D eigenvalue weighted by atomic mass is 19.4. The van der Waals surface area contributed by atoms with Crippen molar-refractivity contribution < 1.29 is 13.2 Å². The normalized spacial score (nSPS) is 11.7. The standard InChI is InChI=1S/C42H30F3N3.C42H30N4/c1-24-8-12-35-31(16-24)32-17-25(2)9-13-36(32)47(35)39-21-30(29-7-5-6-28(20-29)23-46)22-40(41(39)42(43,44)45)48-37-14-10-26(3)18-33(37)34-19-27(4)11-15-38(34)48;1-25-8-12-37-32(16-25)33-17-26(2)9-13-38(33)45(37)41-21-31(30-7-5-6-29(20-30)23-43)22-42(36(41)24-44)46-39-14-10-27(3)18-34(39)35-19-28(4)11-15-40(35)46/h5-22H,1-4H3;5-22H,1-4H3. The molecule has 0 aliphatic heterocycles. The summed E-state index contributed by atoms with van der Waals surface area (Å²) >= 11 is 0. The summed E-state index contributed by atoms with van der Waals surface area (Å²) < 4.78 is 55.8. The van der Waals surface area contributed by atoms with E-state index < -0.39 is 11.7 Å². The van der Waals surface area contributed by atoms with Gasteiger partial charge in [0.15, 0.2) is 0 Å². The van der Waals surface area contributed by atoms with Crippen molar-refractivity contribution in [3.05, 3.63) is 285 Å². The Morgan fingerprint density at radius 1 is 0.266 bits per heavy atom. The van der Waals surface area contributed by atoms with Crippen LogP contribution in [0.1, 0.15) is 66.8 Å². The molecule has 94 heavy (non-hydrogen) atoms. The van der Waals surface area contributed by atoms with Gasteiger partial charge >= 0.3 is 6.18 Å². The van der Waals surface area contributed by atoms with Gasteiger partial charge in [0.25, 0.3) is 0 Å². The van der Waals surface area contributed by atoms with E-state index in [-0.39, 0.29) is 11.4 Å². The quantitative estimate of drug-likeness (QED) is 0.166. The molecule has 0 radical (unpaired) electrons. The fourth-order valence-electron chi connectivity index (χ4n) is 14.2. The van der Waals surface area contributed by atoms with Crippen molar-refractivity contribution in [1.29, 1.82) is 15.8 Å². The average molecular weight is 1220 g/mol. The third kappa shape index (κ3) is 9.63. The first-order valence-electron chi connectivity index (χ1n) is 31.3. The Bertz CT molecular complexity index is 5530. The summed E-state index contributed by atoms with van der Waals surface area (Å²) in [6.45, 7) is 16.4. The Morgan fingerprint density at radius 2 is 0.500 bits per heavy atom. The zero-order chi connectivity index (χ0) is 65.2. The minimum Gasteiger partial charge on any atom is -0.309 e. The number of nitriles is 3. The molecule has 0 aliphatic rings. The topological polar surface area (TPSA) is 91.1 Å². The molecule has 0 amide bonds. The van der Waals surface area contributed by atoms with Gasteiger partial charge in [0.2, 0.25) is 0 Å². The molecule has 16 aromatic rings. The van der Waals surface area contributed by atoms with E-state index in [2.05, 4.69) is 140 Å². The van der Waals surface area contributed by atoms with Gasteiger partial charge in [-0.15, -0.1) is 0 Å². The van der Waals surface area contributed by atoms with E-state index in [0.717, 1.165) is 110 Å². The second-order valence-corrected chi connectivity index (χ2v) is 25.3. The fourth-order valence-corrected chi connectivity index (χ4v) is 14.2. The van der Waals surface area contributed by atoms with Crippen molar-refractivity contribution in [3.63, 3.8) is 0 Å². The van der Waals surface area contributed by atoms with Gasteiger partial charge in [-0.1, -0.05) is 117 Å². The van der Waals surface area contributed by atoms with E-state index in [1.807, 2.05) is 131 Å². The largest absolute Gasteiger partial charge is 0.420 e. The number of rotatable bonds is 6. The summed E-state index contributed by atoms with van der Waals surface area (Å²) in [5.74, 6) is 0. The molecular formula is C84H60F3N7. The van der Waals surface area contributed by atoms with Crippen LogP contribution in [0.2, 0.25) is 0 Å². The molecule has 0 saturated carbocycles. The first-order chi connectivity index (χ1) is 45.3. The monoisotopic (exact) mass is 1220 g/mol. The summed E-state index contributed by atoms with van der Waals surface area (Å²) in [4.78, 5) is 0. The number of hydrogen-bond acceptors (Lipinski definition) is 3. The summed E-state index contributed by atoms with van der Waals surface area (Å²) in [5.41, 5.74) is 21.4. The minimum absolute atomic E-state index is 0.0271. The average Bonchev–Trinajstić information content (AvgIpc) is 1.54. The Balaban J connectivity index is 0.000000155. The van der Waals surface area contributed by atoms with Crippen LogP contribution in [-0.2, 0) is 6.18 Å². The van der Waals surface area contributed by atoms with E-state index in [1.54, 1.807) is 39.5 Å². The van der Waals surface area contributed by atoms with Gasteiger partial charge in [-0.25, -0.2) is 0 Å². The molecule has 0 saturated heterocycles. The number of nitrogens with zero attached hydrogens (tertiary/aromatic N) is 7. The SMILES string of the molecule is Cc1ccc2c(c1)c1cc(C)ccc1n2-c1cc(-c2cccc(C#N)c2)cc(-n2c3ccc(C)cc3c3cc(C)ccc32)c1C#N.Cc1ccc2c(c1)c1cc(C)ccc1n2-c1cc(-c2cccc(C#N)c2)cc(-n2c3ccc(C)cc3c3cc(C)ccc32)c1C(F)(F)F. The Morgan fingerprint density at radius 3 is 0.723 bits per heavy atom. The molecule has 4 aromatic heterocycles. The molecule has 0 N–H and O–H groups in total. The van der Waals surface area contributed by atoms with Gasteiger partial charge in [0.05, 0.1) is 90.1 Å². The van der Waals surface area contributed by atoms with E-state index in [0.29, 0.717) is 49.9 Å². The summed E-state index contributed by atoms with van der Waals surface area (Å²) in [7, 11) is 0. The Kier molecular flexibility index (Phi) is 13.8. The predicted molar refractivity (Wildman–Crippen MR) is 378 cm³/mol. The van der Waals surface area contributed by atoms with Crippen molar-refractivity contribution in [3.8, 4) is 63.2 Å². The number of fused-ring (bicyclic) bond motifs is 12. The van der Waals surface area contributed by atoms with Crippen LogP contribution in [-0.4, -0.2) is 18.3 Å².